The summed E-state index contributed by atoms with van der Waals surface area (Å²) in [4.78, 5) is 7.72. The first-order valence-corrected chi connectivity index (χ1v) is 7.54. The van der Waals surface area contributed by atoms with Crippen molar-refractivity contribution in [2.75, 3.05) is 11.8 Å². The van der Waals surface area contributed by atoms with Crippen LogP contribution < -0.4 is 9.46 Å². The van der Waals surface area contributed by atoms with Gasteiger partial charge in [-0.05, 0) is 12.8 Å². The number of rotatable bonds is 4. The number of nitrogens with zero attached hydrogens (tertiary/aromatic N) is 2. The molecule has 1 aromatic rings. The molecule has 6 nitrogen and oxygen atoms in total. The van der Waals surface area contributed by atoms with Gasteiger partial charge in [0.25, 0.3) is 0 Å². The lowest BCUT2D eigenvalue weighted by atomic mass is 10.4. The molecule has 0 spiro atoms. The summed E-state index contributed by atoms with van der Waals surface area (Å²) < 4.78 is 31.3. The monoisotopic (exact) mass is 291 g/mol. The summed E-state index contributed by atoms with van der Waals surface area (Å²) in [5.74, 6) is 0.172. The van der Waals surface area contributed by atoms with Gasteiger partial charge in [0.15, 0.2) is 0 Å². The number of aromatic nitrogens is 2. The van der Waals surface area contributed by atoms with Gasteiger partial charge in [0.05, 0.1) is 12.4 Å². The van der Waals surface area contributed by atoms with E-state index in [0.717, 1.165) is 12.8 Å². The highest BCUT2D eigenvalue weighted by Gasteiger charge is 2.29. The molecule has 1 aromatic heterocycles. The summed E-state index contributed by atoms with van der Waals surface area (Å²) in [6, 6.07) is 1.41. The molecule has 0 radical (unpaired) electrons. The molecule has 1 N–H and O–H groups in total. The van der Waals surface area contributed by atoms with E-state index in [-0.39, 0.29) is 22.2 Å². The Morgan fingerprint density at radius 2 is 2.06 bits per heavy atom. The largest absolute Gasteiger partial charge is 0.481 e. The third-order valence-electron chi connectivity index (χ3n) is 2.86. The zero-order chi connectivity index (χ0) is 13.2. The van der Waals surface area contributed by atoms with Gasteiger partial charge in [-0.3, -0.25) is 4.72 Å². The normalized spacial score (nSPS) is 16.8. The first kappa shape index (κ1) is 13.4. The molecule has 0 atom stereocenters. The molecule has 1 saturated carbocycles. The lowest BCUT2D eigenvalue weighted by molar-refractivity contribution is 0.397. The molecule has 1 fully saturated rings. The van der Waals surface area contributed by atoms with Gasteiger partial charge >= 0.3 is 0 Å². The van der Waals surface area contributed by atoms with Crippen LogP contribution in [0.5, 0.6) is 5.88 Å². The third kappa shape index (κ3) is 3.02. The SMILES string of the molecule is COc1cc(Cl)nc(NS(=O)(=O)C2CCCC2)n1. The minimum Gasteiger partial charge on any atom is -0.481 e. The highest BCUT2D eigenvalue weighted by Crippen LogP contribution is 2.26. The van der Waals surface area contributed by atoms with E-state index in [1.165, 1.54) is 13.2 Å². The number of hydrogen-bond acceptors (Lipinski definition) is 5. The van der Waals surface area contributed by atoms with Crippen molar-refractivity contribution in [3.63, 3.8) is 0 Å². The Kier molecular flexibility index (Phi) is 3.91. The Morgan fingerprint density at radius 1 is 1.39 bits per heavy atom. The molecule has 0 aromatic carbocycles. The van der Waals surface area contributed by atoms with Crippen molar-refractivity contribution in [2.24, 2.45) is 0 Å². The topological polar surface area (TPSA) is 81.2 Å². The highest BCUT2D eigenvalue weighted by molar-refractivity contribution is 7.93. The van der Waals surface area contributed by atoms with Crippen LogP contribution in [0.2, 0.25) is 5.15 Å². The Hall–Kier alpha value is -1.08. The van der Waals surface area contributed by atoms with Gasteiger partial charge in [-0.25, -0.2) is 13.4 Å². The van der Waals surface area contributed by atoms with Crippen molar-refractivity contribution in [3.05, 3.63) is 11.2 Å². The van der Waals surface area contributed by atoms with Gasteiger partial charge in [0.2, 0.25) is 21.9 Å². The molecule has 0 unspecified atom stereocenters. The molecule has 0 amide bonds. The van der Waals surface area contributed by atoms with Crippen molar-refractivity contribution in [2.45, 2.75) is 30.9 Å². The van der Waals surface area contributed by atoms with E-state index in [1.54, 1.807) is 0 Å². The molecule has 1 aliphatic carbocycles. The molecule has 8 heteroatoms. The van der Waals surface area contributed by atoms with Crippen LogP contribution in [0.1, 0.15) is 25.7 Å². The zero-order valence-corrected chi connectivity index (χ0v) is 11.5. The second-order valence-electron chi connectivity index (χ2n) is 4.11. The molecule has 2 rings (SSSR count). The van der Waals surface area contributed by atoms with E-state index < -0.39 is 10.0 Å². The Balaban J connectivity index is 2.20. The zero-order valence-electron chi connectivity index (χ0n) is 9.89. The van der Waals surface area contributed by atoms with E-state index >= 15 is 0 Å². The predicted molar refractivity (Wildman–Crippen MR) is 68.4 cm³/mol. The second kappa shape index (κ2) is 5.27. The standard InChI is InChI=1S/C10H14ClN3O3S/c1-17-9-6-8(11)12-10(13-9)14-18(15,16)7-4-2-3-5-7/h6-7H,2-5H2,1H3,(H,12,13,14). The van der Waals surface area contributed by atoms with Gasteiger partial charge in [-0.1, -0.05) is 24.4 Å². The smallest absolute Gasteiger partial charge is 0.241 e. The number of nitrogens with one attached hydrogen (secondary N) is 1. The van der Waals surface area contributed by atoms with Crippen LogP contribution in [0.15, 0.2) is 6.07 Å². The molecular weight excluding hydrogens is 278 g/mol. The van der Waals surface area contributed by atoms with Gasteiger partial charge in [-0.2, -0.15) is 4.98 Å². The van der Waals surface area contributed by atoms with Gasteiger partial charge in [0, 0.05) is 6.07 Å². The molecule has 1 heterocycles. The average Bonchev–Trinajstić information content (AvgIpc) is 2.81. The highest BCUT2D eigenvalue weighted by atomic mass is 35.5. The summed E-state index contributed by atoms with van der Waals surface area (Å²) in [7, 11) is -2.02. The Bertz CT molecular complexity index is 529. The van der Waals surface area contributed by atoms with Gasteiger partial charge in [-0.15, -0.1) is 0 Å². The van der Waals surface area contributed by atoms with Crippen molar-refractivity contribution in [1.82, 2.24) is 9.97 Å². The predicted octanol–water partition coefficient (Wildman–Crippen LogP) is 1.82. The molecule has 18 heavy (non-hydrogen) atoms. The van der Waals surface area contributed by atoms with Crippen LogP contribution in [-0.2, 0) is 10.0 Å². The summed E-state index contributed by atoms with van der Waals surface area (Å²) in [5.41, 5.74) is 0. The molecular formula is C10H14ClN3O3S. The van der Waals surface area contributed by atoms with E-state index in [0.29, 0.717) is 12.8 Å². The first-order chi connectivity index (χ1) is 8.51. The molecule has 0 aliphatic heterocycles. The van der Waals surface area contributed by atoms with E-state index in [1.807, 2.05) is 0 Å². The van der Waals surface area contributed by atoms with E-state index in [2.05, 4.69) is 14.7 Å². The number of anilines is 1. The Morgan fingerprint density at radius 3 is 2.67 bits per heavy atom. The molecule has 0 saturated heterocycles. The van der Waals surface area contributed by atoms with Crippen LogP contribution in [-0.4, -0.2) is 30.7 Å². The lowest BCUT2D eigenvalue weighted by Crippen LogP contribution is -2.26. The maximum absolute atomic E-state index is 12.0. The van der Waals surface area contributed by atoms with Gasteiger partial charge in [0.1, 0.15) is 5.15 Å². The number of sulfonamides is 1. The van der Waals surface area contributed by atoms with Crippen LogP contribution in [0, 0.1) is 0 Å². The fourth-order valence-corrected chi connectivity index (χ4v) is 3.60. The van der Waals surface area contributed by atoms with Crippen molar-refractivity contribution >= 4 is 27.6 Å². The molecule has 100 valence electrons. The van der Waals surface area contributed by atoms with Gasteiger partial charge < -0.3 is 4.74 Å². The van der Waals surface area contributed by atoms with Crippen LogP contribution in [0.25, 0.3) is 0 Å². The lowest BCUT2D eigenvalue weighted by Gasteiger charge is -2.12. The summed E-state index contributed by atoms with van der Waals surface area (Å²) >= 11 is 5.75. The summed E-state index contributed by atoms with van der Waals surface area (Å²) in [5, 5.41) is -0.239. The van der Waals surface area contributed by atoms with Crippen LogP contribution in [0.3, 0.4) is 0 Å². The number of methoxy groups -OCH3 is 1. The van der Waals surface area contributed by atoms with Crippen molar-refractivity contribution < 1.29 is 13.2 Å². The van der Waals surface area contributed by atoms with Crippen LogP contribution >= 0.6 is 11.6 Å². The van der Waals surface area contributed by atoms with Crippen LogP contribution in [0.4, 0.5) is 5.95 Å². The molecule has 0 bridgehead atoms. The van der Waals surface area contributed by atoms with Crippen molar-refractivity contribution in [1.29, 1.82) is 0 Å². The minimum absolute atomic E-state index is 0.0498. The quantitative estimate of drug-likeness (QED) is 0.856. The average molecular weight is 292 g/mol. The molecule has 1 aliphatic rings. The number of hydrogen-bond donors (Lipinski definition) is 1. The second-order valence-corrected chi connectivity index (χ2v) is 6.46. The maximum Gasteiger partial charge on any atom is 0.241 e. The number of halogens is 1. The minimum atomic E-state index is -3.44. The fourth-order valence-electron chi connectivity index (χ4n) is 1.96. The summed E-state index contributed by atoms with van der Waals surface area (Å²) in [6.07, 6.45) is 3.22. The van der Waals surface area contributed by atoms with E-state index in [9.17, 15) is 8.42 Å². The fraction of sp³-hybridized carbons (Fsp3) is 0.600. The Labute approximate surface area is 111 Å². The maximum atomic E-state index is 12.0. The van der Waals surface area contributed by atoms with Crippen molar-refractivity contribution in [3.8, 4) is 5.88 Å². The number of ether oxygens (including phenoxy) is 1. The summed E-state index contributed by atoms with van der Waals surface area (Å²) in [6.45, 7) is 0. The van der Waals surface area contributed by atoms with E-state index in [4.69, 9.17) is 16.3 Å². The first-order valence-electron chi connectivity index (χ1n) is 5.61. The third-order valence-corrected chi connectivity index (χ3v) is 4.86.